The summed E-state index contributed by atoms with van der Waals surface area (Å²) in [6.07, 6.45) is 1.93. The van der Waals surface area contributed by atoms with Crippen molar-refractivity contribution in [3.8, 4) is 0 Å². The molecule has 1 aromatic carbocycles. The highest BCUT2D eigenvalue weighted by Gasteiger charge is 2.23. The highest BCUT2D eigenvalue weighted by atomic mass is 32.2. The topological polar surface area (TPSA) is 57.6 Å². The van der Waals surface area contributed by atoms with E-state index < -0.39 is 5.97 Å². The van der Waals surface area contributed by atoms with Crippen molar-refractivity contribution >= 4 is 42.0 Å². The number of nitrogens with zero attached hydrogens (tertiary/aromatic N) is 1. The fraction of sp³-hybridized carbons (Fsp3) is 0.385. The lowest BCUT2D eigenvalue weighted by Crippen LogP contribution is -2.39. The third kappa shape index (κ3) is 4.47. The van der Waals surface area contributed by atoms with E-state index in [1.807, 2.05) is 24.5 Å². The van der Waals surface area contributed by atoms with Gasteiger partial charge in [-0.2, -0.15) is 12.6 Å². The minimum atomic E-state index is -1.03. The Balaban J connectivity index is 3.08. The predicted molar refractivity (Wildman–Crippen MR) is 81.2 cm³/mol. The number of carbonyl (C=O) groups is 2. The molecule has 1 unspecified atom stereocenters. The standard InChI is InChI=1S/C13H17NO3S2/c1-9(8-18)13(17)14(7-12(15)16)10-4-3-5-11(6-10)19-2/h3-6,9,18H,7-8H2,1-2H3,(H,15,16). The van der Waals surface area contributed by atoms with Gasteiger partial charge in [0.1, 0.15) is 6.54 Å². The third-order valence-corrected chi connectivity index (χ3v) is 3.89. The molecular formula is C13H17NO3S2. The number of anilines is 1. The Morgan fingerprint density at radius 3 is 2.68 bits per heavy atom. The molecule has 1 amide bonds. The first-order valence-corrected chi connectivity index (χ1v) is 7.63. The van der Waals surface area contributed by atoms with Crippen LogP contribution in [0.4, 0.5) is 5.69 Å². The van der Waals surface area contributed by atoms with Crippen molar-refractivity contribution in [2.24, 2.45) is 5.92 Å². The van der Waals surface area contributed by atoms with E-state index in [2.05, 4.69) is 12.6 Å². The molecule has 0 aromatic heterocycles. The molecule has 1 rings (SSSR count). The van der Waals surface area contributed by atoms with Gasteiger partial charge in [-0.05, 0) is 24.5 Å². The minimum Gasteiger partial charge on any atom is -0.480 e. The van der Waals surface area contributed by atoms with Gasteiger partial charge < -0.3 is 10.0 Å². The summed E-state index contributed by atoms with van der Waals surface area (Å²) in [7, 11) is 0. The van der Waals surface area contributed by atoms with Gasteiger partial charge in [0.2, 0.25) is 5.91 Å². The van der Waals surface area contributed by atoms with Crippen LogP contribution in [0.15, 0.2) is 29.2 Å². The normalized spacial score (nSPS) is 11.9. The number of hydrogen-bond acceptors (Lipinski definition) is 4. The van der Waals surface area contributed by atoms with Gasteiger partial charge in [-0.3, -0.25) is 9.59 Å². The lowest BCUT2D eigenvalue weighted by molar-refractivity contribution is -0.137. The van der Waals surface area contributed by atoms with Crippen LogP contribution in [-0.2, 0) is 9.59 Å². The SMILES string of the molecule is CSc1cccc(N(CC(=O)O)C(=O)C(C)CS)c1. The number of carboxylic acid groups (broad SMARTS) is 1. The lowest BCUT2D eigenvalue weighted by atomic mass is 10.1. The van der Waals surface area contributed by atoms with Gasteiger partial charge in [0.25, 0.3) is 0 Å². The smallest absolute Gasteiger partial charge is 0.323 e. The average molecular weight is 299 g/mol. The van der Waals surface area contributed by atoms with E-state index in [-0.39, 0.29) is 18.4 Å². The van der Waals surface area contributed by atoms with Crippen molar-refractivity contribution in [1.82, 2.24) is 0 Å². The molecule has 1 aromatic rings. The van der Waals surface area contributed by atoms with Crippen LogP contribution in [0.1, 0.15) is 6.92 Å². The number of amides is 1. The van der Waals surface area contributed by atoms with Crippen molar-refractivity contribution in [2.45, 2.75) is 11.8 Å². The summed E-state index contributed by atoms with van der Waals surface area (Å²) in [4.78, 5) is 25.4. The number of hydrogen-bond donors (Lipinski definition) is 2. The van der Waals surface area contributed by atoms with Crippen molar-refractivity contribution < 1.29 is 14.7 Å². The number of thiol groups is 1. The number of carbonyl (C=O) groups excluding carboxylic acids is 1. The summed E-state index contributed by atoms with van der Waals surface area (Å²) < 4.78 is 0. The number of aliphatic carboxylic acids is 1. The van der Waals surface area contributed by atoms with Gasteiger partial charge in [0, 0.05) is 22.3 Å². The van der Waals surface area contributed by atoms with Crippen LogP contribution in [0.25, 0.3) is 0 Å². The van der Waals surface area contributed by atoms with Gasteiger partial charge in [0.15, 0.2) is 0 Å². The molecule has 0 fully saturated rings. The monoisotopic (exact) mass is 299 g/mol. The van der Waals surface area contributed by atoms with Crippen LogP contribution >= 0.6 is 24.4 Å². The van der Waals surface area contributed by atoms with Crippen LogP contribution < -0.4 is 4.90 Å². The zero-order chi connectivity index (χ0) is 14.4. The van der Waals surface area contributed by atoms with E-state index in [1.165, 1.54) is 4.90 Å². The molecule has 1 atom stereocenters. The highest BCUT2D eigenvalue weighted by molar-refractivity contribution is 7.98. The summed E-state index contributed by atoms with van der Waals surface area (Å²) in [6.45, 7) is 1.40. The van der Waals surface area contributed by atoms with E-state index >= 15 is 0 Å². The first-order valence-electron chi connectivity index (χ1n) is 5.77. The first kappa shape index (κ1) is 15.9. The molecular weight excluding hydrogens is 282 g/mol. The Morgan fingerprint density at radius 1 is 1.47 bits per heavy atom. The van der Waals surface area contributed by atoms with Gasteiger partial charge in [-0.1, -0.05) is 13.0 Å². The maximum absolute atomic E-state index is 12.2. The number of rotatable bonds is 6. The minimum absolute atomic E-state index is 0.226. The zero-order valence-corrected chi connectivity index (χ0v) is 12.6. The lowest BCUT2D eigenvalue weighted by Gasteiger charge is -2.24. The largest absolute Gasteiger partial charge is 0.480 e. The molecule has 0 aliphatic heterocycles. The molecule has 19 heavy (non-hydrogen) atoms. The second kappa shape index (κ2) is 7.45. The molecule has 0 spiro atoms. The van der Waals surface area contributed by atoms with Crippen molar-refractivity contribution in [1.29, 1.82) is 0 Å². The molecule has 0 saturated carbocycles. The average Bonchev–Trinajstić information content (AvgIpc) is 2.43. The van der Waals surface area contributed by atoms with Crippen molar-refractivity contribution in [3.63, 3.8) is 0 Å². The van der Waals surface area contributed by atoms with E-state index in [9.17, 15) is 9.59 Å². The quantitative estimate of drug-likeness (QED) is 0.625. The molecule has 0 bridgehead atoms. The van der Waals surface area contributed by atoms with Crippen molar-refractivity contribution in [2.75, 3.05) is 23.5 Å². The van der Waals surface area contributed by atoms with Gasteiger partial charge >= 0.3 is 5.97 Å². The number of benzene rings is 1. The van der Waals surface area contributed by atoms with Crippen LogP contribution in [0, 0.1) is 5.92 Å². The summed E-state index contributed by atoms with van der Waals surface area (Å²) in [5, 5.41) is 8.96. The Morgan fingerprint density at radius 2 is 2.16 bits per heavy atom. The molecule has 4 nitrogen and oxygen atoms in total. The highest BCUT2D eigenvalue weighted by Crippen LogP contribution is 2.23. The molecule has 104 valence electrons. The Kier molecular flexibility index (Phi) is 6.24. The summed E-state index contributed by atoms with van der Waals surface area (Å²) in [5.74, 6) is -1.19. The van der Waals surface area contributed by atoms with Crippen LogP contribution in [-0.4, -0.2) is 35.5 Å². The van der Waals surface area contributed by atoms with Gasteiger partial charge in [0.05, 0.1) is 0 Å². The molecule has 6 heteroatoms. The maximum atomic E-state index is 12.2. The second-order valence-corrected chi connectivity index (χ2v) is 5.35. The van der Waals surface area contributed by atoms with Gasteiger partial charge in [-0.25, -0.2) is 0 Å². The third-order valence-electron chi connectivity index (χ3n) is 2.62. The number of carboxylic acids is 1. The predicted octanol–water partition coefficient (Wildman–Crippen LogP) is 2.39. The summed E-state index contributed by atoms with van der Waals surface area (Å²) in [5.41, 5.74) is 0.605. The van der Waals surface area contributed by atoms with E-state index in [0.29, 0.717) is 11.4 Å². The molecule has 0 saturated heterocycles. The molecule has 0 radical (unpaired) electrons. The van der Waals surface area contributed by atoms with Crippen LogP contribution in [0.3, 0.4) is 0 Å². The summed E-state index contributed by atoms with van der Waals surface area (Å²) in [6, 6.07) is 7.29. The van der Waals surface area contributed by atoms with Crippen molar-refractivity contribution in [3.05, 3.63) is 24.3 Å². The first-order chi connectivity index (χ1) is 8.99. The van der Waals surface area contributed by atoms with E-state index in [4.69, 9.17) is 5.11 Å². The fourth-order valence-electron chi connectivity index (χ4n) is 1.55. The van der Waals surface area contributed by atoms with E-state index in [1.54, 1.807) is 24.8 Å². The van der Waals surface area contributed by atoms with Crippen LogP contribution in [0.2, 0.25) is 0 Å². The fourth-order valence-corrected chi connectivity index (χ4v) is 2.16. The maximum Gasteiger partial charge on any atom is 0.323 e. The molecule has 0 heterocycles. The Bertz CT molecular complexity index is 465. The van der Waals surface area contributed by atoms with E-state index in [0.717, 1.165) is 4.90 Å². The number of thioether (sulfide) groups is 1. The Labute approximate surface area is 122 Å². The zero-order valence-electron chi connectivity index (χ0n) is 10.9. The molecule has 0 aliphatic carbocycles. The van der Waals surface area contributed by atoms with Crippen LogP contribution in [0.5, 0.6) is 0 Å². The second-order valence-electron chi connectivity index (χ2n) is 4.10. The Hall–Kier alpha value is -1.14. The molecule has 1 N–H and O–H groups in total. The van der Waals surface area contributed by atoms with Gasteiger partial charge in [-0.15, -0.1) is 11.8 Å². The molecule has 0 aliphatic rings. The summed E-state index contributed by atoms with van der Waals surface area (Å²) >= 11 is 5.64.